The summed E-state index contributed by atoms with van der Waals surface area (Å²) in [7, 11) is 1.97. The third-order valence-corrected chi connectivity index (χ3v) is 5.21. The third kappa shape index (κ3) is 4.05. The van der Waals surface area contributed by atoms with Crippen LogP contribution in [0.1, 0.15) is 44.6 Å². The van der Waals surface area contributed by atoms with Gasteiger partial charge in [-0.25, -0.2) is 4.68 Å². The molecule has 1 aromatic carbocycles. The Balaban J connectivity index is 1.52. The second-order valence-corrected chi connectivity index (χ2v) is 7.05. The van der Waals surface area contributed by atoms with Gasteiger partial charge in [0.15, 0.2) is 0 Å². The Hall–Kier alpha value is -2.10. The average molecular weight is 325 g/mol. The van der Waals surface area contributed by atoms with Crippen LogP contribution in [0.2, 0.25) is 0 Å². The number of amides is 1. The highest BCUT2D eigenvalue weighted by molar-refractivity contribution is 5.76. The molecule has 0 spiro atoms. The topological polar surface area (TPSA) is 38.1 Å². The van der Waals surface area contributed by atoms with E-state index in [1.165, 1.54) is 12.8 Å². The van der Waals surface area contributed by atoms with Crippen molar-refractivity contribution in [2.24, 2.45) is 5.92 Å². The molecule has 0 unspecified atom stereocenters. The molecular weight excluding hydrogens is 298 g/mol. The van der Waals surface area contributed by atoms with Gasteiger partial charge in [-0.2, -0.15) is 5.10 Å². The lowest BCUT2D eigenvalue weighted by Gasteiger charge is -2.33. The van der Waals surface area contributed by atoms with Crippen LogP contribution < -0.4 is 0 Å². The Kier molecular flexibility index (Phi) is 5.34. The maximum atomic E-state index is 12.5. The van der Waals surface area contributed by atoms with Gasteiger partial charge in [-0.3, -0.25) is 4.79 Å². The van der Waals surface area contributed by atoms with Gasteiger partial charge in [-0.05, 0) is 55.7 Å². The van der Waals surface area contributed by atoms with E-state index >= 15 is 0 Å². The zero-order chi connectivity index (χ0) is 16.9. The van der Waals surface area contributed by atoms with Crippen LogP contribution >= 0.6 is 0 Å². The number of nitrogens with zero attached hydrogens (tertiary/aromatic N) is 3. The number of hydrogen-bond donors (Lipinski definition) is 0. The molecule has 1 aliphatic rings. The molecule has 2 aromatic rings. The Labute approximate surface area is 144 Å². The summed E-state index contributed by atoms with van der Waals surface area (Å²) < 4.78 is 1.87. The fourth-order valence-electron chi connectivity index (χ4n) is 3.47. The highest BCUT2D eigenvalue weighted by Crippen LogP contribution is 2.26. The van der Waals surface area contributed by atoms with Gasteiger partial charge in [-0.1, -0.05) is 25.1 Å². The summed E-state index contributed by atoms with van der Waals surface area (Å²) in [5.74, 6) is 1.07. The summed E-state index contributed by atoms with van der Waals surface area (Å²) >= 11 is 0. The van der Waals surface area contributed by atoms with Crippen LogP contribution in [0.5, 0.6) is 0 Å². The Bertz CT molecular complexity index is 657. The second kappa shape index (κ2) is 7.65. The maximum absolute atomic E-state index is 12.5. The predicted octanol–water partition coefficient (Wildman–Crippen LogP) is 3.84. The van der Waals surface area contributed by atoms with Crippen LogP contribution in [-0.2, 0) is 11.2 Å². The van der Waals surface area contributed by atoms with Crippen molar-refractivity contribution in [3.05, 3.63) is 48.3 Å². The first-order valence-electron chi connectivity index (χ1n) is 8.98. The largest absolute Gasteiger partial charge is 0.343 e. The van der Waals surface area contributed by atoms with E-state index in [-0.39, 0.29) is 5.91 Å². The van der Waals surface area contributed by atoms with Gasteiger partial charge in [0.1, 0.15) is 0 Å². The lowest BCUT2D eigenvalue weighted by Crippen LogP contribution is -2.39. The molecule has 24 heavy (non-hydrogen) atoms. The summed E-state index contributed by atoms with van der Waals surface area (Å²) in [6, 6.07) is 10.5. The number of benzene rings is 1. The van der Waals surface area contributed by atoms with Gasteiger partial charge < -0.3 is 4.90 Å². The standard InChI is InChI=1S/C20H27N3O/c1-16-8-11-18(12-9-16)22(2)20(24)13-10-17-14-21-23(15-17)19-6-4-3-5-7-19/h3-7,14-16,18H,8-13H2,1-2H3. The van der Waals surface area contributed by atoms with Crippen LogP contribution in [0, 0.1) is 5.92 Å². The predicted molar refractivity (Wildman–Crippen MR) is 96.1 cm³/mol. The first kappa shape index (κ1) is 16.7. The van der Waals surface area contributed by atoms with Crippen LogP contribution in [-0.4, -0.2) is 33.7 Å². The van der Waals surface area contributed by atoms with Gasteiger partial charge in [0.05, 0.1) is 11.9 Å². The van der Waals surface area contributed by atoms with E-state index in [9.17, 15) is 4.79 Å². The van der Waals surface area contributed by atoms with Crippen LogP contribution in [0.25, 0.3) is 5.69 Å². The zero-order valence-corrected chi connectivity index (χ0v) is 14.7. The van der Waals surface area contributed by atoms with Crippen molar-refractivity contribution in [1.82, 2.24) is 14.7 Å². The van der Waals surface area contributed by atoms with Crippen LogP contribution in [0.15, 0.2) is 42.7 Å². The van der Waals surface area contributed by atoms with E-state index in [4.69, 9.17) is 0 Å². The van der Waals surface area contributed by atoms with Gasteiger partial charge in [-0.15, -0.1) is 0 Å². The summed E-state index contributed by atoms with van der Waals surface area (Å²) in [6.45, 7) is 2.31. The minimum atomic E-state index is 0.252. The Morgan fingerprint density at radius 1 is 1.21 bits per heavy atom. The molecule has 4 nitrogen and oxygen atoms in total. The SMILES string of the molecule is CC1CCC(N(C)C(=O)CCc2cnn(-c3ccccc3)c2)CC1. The number of hydrogen-bond acceptors (Lipinski definition) is 2. The lowest BCUT2D eigenvalue weighted by molar-refractivity contribution is -0.132. The first-order chi connectivity index (χ1) is 11.6. The number of rotatable bonds is 5. The number of carbonyl (C=O) groups excluding carboxylic acids is 1. The molecule has 1 aliphatic carbocycles. The Morgan fingerprint density at radius 3 is 2.62 bits per heavy atom. The number of aryl methyl sites for hydroxylation is 1. The number of para-hydroxylation sites is 1. The smallest absolute Gasteiger partial charge is 0.222 e. The fourth-order valence-corrected chi connectivity index (χ4v) is 3.47. The molecule has 0 N–H and O–H groups in total. The molecular formula is C20H27N3O. The highest BCUT2D eigenvalue weighted by atomic mass is 16.2. The molecule has 0 radical (unpaired) electrons. The quantitative estimate of drug-likeness (QED) is 0.837. The van der Waals surface area contributed by atoms with E-state index in [0.29, 0.717) is 12.5 Å². The molecule has 1 aromatic heterocycles. The summed E-state index contributed by atoms with van der Waals surface area (Å²) in [5, 5.41) is 4.40. The molecule has 1 heterocycles. The van der Waals surface area contributed by atoms with Gasteiger partial charge in [0.2, 0.25) is 5.91 Å². The van der Waals surface area contributed by atoms with Crippen molar-refractivity contribution in [3.8, 4) is 5.69 Å². The van der Waals surface area contributed by atoms with Crippen molar-refractivity contribution in [3.63, 3.8) is 0 Å². The normalized spacial score (nSPS) is 20.8. The first-order valence-corrected chi connectivity index (χ1v) is 8.98. The molecule has 4 heteroatoms. The second-order valence-electron chi connectivity index (χ2n) is 7.05. The Morgan fingerprint density at radius 2 is 1.92 bits per heavy atom. The van der Waals surface area contributed by atoms with E-state index in [0.717, 1.165) is 36.4 Å². The molecule has 0 bridgehead atoms. The van der Waals surface area contributed by atoms with E-state index in [1.807, 2.05) is 59.4 Å². The zero-order valence-electron chi connectivity index (χ0n) is 14.7. The molecule has 0 atom stereocenters. The number of carbonyl (C=O) groups is 1. The lowest BCUT2D eigenvalue weighted by atomic mass is 9.86. The van der Waals surface area contributed by atoms with Crippen LogP contribution in [0.4, 0.5) is 0 Å². The number of aromatic nitrogens is 2. The van der Waals surface area contributed by atoms with E-state index < -0.39 is 0 Å². The van der Waals surface area contributed by atoms with Crippen molar-refractivity contribution in [1.29, 1.82) is 0 Å². The third-order valence-electron chi connectivity index (χ3n) is 5.21. The summed E-state index contributed by atoms with van der Waals surface area (Å²) in [5.41, 5.74) is 2.15. The molecule has 1 saturated carbocycles. The summed E-state index contributed by atoms with van der Waals surface area (Å²) in [4.78, 5) is 14.5. The summed E-state index contributed by atoms with van der Waals surface area (Å²) in [6.07, 6.45) is 9.97. The molecule has 0 saturated heterocycles. The monoisotopic (exact) mass is 325 g/mol. The van der Waals surface area contributed by atoms with Crippen molar-refractivity contribution in [2.45, 2.75) is 51.5 Å². The minimum Gasteiger partial charge on any atom is -0.343 e. The van der Waals surface area contributed by atoms with Gasteiger partial charge in [0.25, 0.3) is 0 Å². The van der Waals surface area contributed by atoms with E-state index in [1.54, 1.807) is 0 Å². The van der Waals surface area contributed by atoms with Crippen LogP contribution in [0.3, 0.4) is 0 Å². The maximum Gasteiger partial charge on any atom is 0.222 e. The fraction of sp³-hybridized carbons (Fsp3) is 0.500. The van der Waals surface area contributed by atoms with Gasteiger partial charge >= 0.3 is 0 Å². The molecule has 1 amide bonds. The van der Waals surface area contributed by atoms with Crippen molar-refractivity contribution < 1.29 is 4.79 Å². The molecule has 3 rings (SSSR count). The van der Waals surface area contributed by atoms with Crippen molar-refractivity contribution in [2.75, 3.05) is 7.05 Å². The molecule has 1 fully saturated rings. The van der Waals surface area contributed by atoms with Crippen molar-refractivity contribution >= 4 is 5.91 Å². The van der Waals surface area contributed by atoms with E-state index in [2.05, 4.69) is 12.0 Å². The molecule has 128 valence electrons. The highest BCUT2D eigenvalue weighted by Gasteiger charge is 2.24. The minimum absolute atomic E-state index is 0.252. The van der Waals surface area contributed by atoms with Gasteiger partial charge in [0, 0.05) is 25.7 Å². The average Bonchev–Trinajstić information content (AvgIpc) is 3.09. The molecule has 0 aliphatic heterocycles.